The first-order valence-corrected chi connectivity index (χ1v) is 12.3. The van der Waals surface area contributed by atoms with E-state index in [4.69, 9.17) is 0 Å². The van der Waals surface area contributed by atoms with Gasteiger partial charge in [0.1, 0.15) is 0 Å². The van der Waals surface area contributed by atoms with Crippen LogP contribution in [0.1, 0.15) is 45.1 Å². The monoisotopic (exact) mass is 395 g/mol. The van der Waals surface area contributed by atoms with Gasteiger partial charge in [-0.2, -0.15) is 11.8 Å². The zero-order chi connectivity index (χ0) is 18.6. The molecule has 2 rings (SSSR count). The molecule has 0 aliphatic heterocycles. The van der Waals surface area contributed by atoms with Crippen LogP contribution in [0.3, 0.4) is 0 Å². The lowest BCUT2D eigenvalue weighted by Gasteiger charge is -2.30. The lowest BCUT2D eigenvalue weighted by atomic mass is 9.95. The molecule has 1 aliphatic rings. The van der Waals surface area contributed by atoms with Gasteiger partial charge >= 0.3 is 0 Å². The van der Waals surface area contributed by atoms with Crippen molar-refractivity contribution in [3.63, 3.8) is 0 Å². The maximum Gasteiger partial charge on any atom is 0.191 e. The molecule has 4 nitrogen and oxygen atoms in total. The number of aliphatic imine (C=N–C) groups is 1. The van der Waals surface area contributed by atoms with Gasteiger partial charge in [0.2, 0.25) is 0 Å². The van der Waals surface area contributed by atoms with Gasteiger partial charge < -0.3 is 10.6 Å². The first-order chi connectivity index (χ1) is 12.7. The third-order valence-electron chi connectivity index (χ3n) is 4.47. The summed E-state index contributed by atoms with van der Waals surface area (Å²) in [5.74, 6) is 3.28. The molecule has 3 unspecified atom stereocenters. The fourth-order valence-electron chi connectivity index (χ4n) is 3.27. The second kappa shape index (κ2) is 12.4. The van der Waals surface area contributed by atoms with Crippen molar-refractivity contribution >= 4 is 28.5 Å². The molecule has 0 bridgehead atoms. The van der Waals surface area contributed by atoms with Crippen molar-refractivity contribution in [3.8, 4) is 0 Å². The molecule has 0 aromatic heterocycles. The lowest BCUT2D eigenvalue weighted by molar-refractivity contribution is 0.419. The fourth-order valence-corrected chi connectivity index (χ4v) is 5.44. The summed E-state index contributed by atoms with van der Waals surface area (Å²) in [5, 5.41) is 7.70. The molecule has 1 saturated carbocycles. The van der Waals surface area contributed by atoms with Gasteiger partial charge in [0, 0.05) is 40.1 Å². The summed E-state index contributed by atoms with van der Waals surface area (Å²) < 4.78 is 12.3. The molecule has 1 fully saturated rings. The van der Waals surface area contributed by atoms with Gasteiger partial charge in [-0.05, 0) is 37.5 Å². The molecular weight excluding hydrogens is 362 g/mol. The summed E-state index contributed by atoms with van der Waals surface area (Å²) in [6.45, 7) is 5.76. The molecule has 1 aromatic carbocycles. The van der Waals surface area contributed by atoms with E-state index in [1.807, 2.05) is 30.3 Å². The summed E-state index contributed by atoms with van der Waals surface area (Å²) in [7, 11) is -0.872. The highest BCUT2D eigenvalue weighted by Crippen LogP contribution is 2.28. The zero-order valence-corrected chi connectivity index (χ0v) is 17.7. The van der Waals surface area contributed by atoms with Gasteiger partial charge in [0.15, 0.2) is 5.96 Å². The Bertz CT molecular complexity index is 563. The van der Waals surface area contributed by atoms with Crippen molar-refractivity contribution in [2.45, 2.75) is 56.6 Å². The molecule has 26 heavy (non-hydrogen) atoms. The SMILES string of the molecule is CCNC(=NCCS(=O)Cc1ccccc1)NC1CCCC(SCC)C1. The van der Waals surface area contributed by atoms with Crippen molar-refractivity contribution in [2.24, 2.45) is 4.99 Å². The molecule has 0 radical (unpaired) electrons. The van der Waals surface area contributed by atoms with E-state index in [1.165, 1.54) is 31.4 Å². The van der Waals surface area contributed by atoms with Gasteiger partial charge in [-0.1, -0.05) is 43.7 Å². The van der Waals surface area contributed by atoms with Gasteiger partial charge in [-0.3, -0.25) is 9.20 Å². The Morgan fingerprint density at radius 2 is 2.08 bits per heavy atom. The quantitative estimate of drug-likeness (QED) is 0.496. The molecule has 146 valence electrons. The largest absolute Gasteiger partial charge is 0.357 e. The van der Waals surface area contributed by atoms with Crippen LogP contribution >= 0.6 is 11.8 Å². The number of rotatable bonds is 9. The summed E-state index contributed by atoms with van der Waals surface area (Å²) in [6.07, 6.45) is 5.05. The van der Waals surface area contributed by atoms with E-state index in [0.29, 0.717) is 24.1 Å². The number of guanidine groups is 1. The summed E-state index contributed by atoms with van der Waals surface area (Å²) in [4.78, 5) is 4.65. The minimum absolute atomic E-state index is 0.500. The Balaban J connectivity index is 1.79. The standard InChI is InChI=1S/C20H33N3OS2/c1-3-21-20(23-18-11-8-12-19(15-18)25-4-2)22-13-14-26(24)16-17-9-6-5-7-10-17/h5-7,9-10,18-19H,3-4,8,11-16H2,1-2H3,(H2,21,22,23). The third-order valence-corrected chi connectivity index (χ3v) is 7.00. The first kappa shape index (κ1) is 21.3. The molecule has 2 N–H and O–H groups in total. The molecular formula is C20H33N3OS2. The predicted molar refractivity (Wildman–Crippen MR) is 116 cm³/mol. The van der Waals surface area contributed by atoms with Gasteiger partial charge in [0.05, 0.1) is 6.54 Å². The first-order valence-electron chi connectivity index (χ1n) is 9.76. The third kappa shape index (κ3) is 8.12. The number of hydrogen-bond donors (Lipinski definition) is 2. The van der Waals surface area contributed by atoms with Crippen molar-refractivity contribution in [1.29, 1.82) is 0 Å². The molecule has 0 saturated heterocycles. The van der Waals surface area contributed by atoms with Crippen molar-refractivity contribution in [2.75, 3.05) is 24.6 Å². The van der Waals surface area contributed by atoms with Crippen LogP contribution in [0.25, 0.3) is 0 Å². The molecule has 1 aliphatic carbocycles. The highest BCUT2D eigenvalue weighted by Gasteiger charge is 2.22. The second-order valence-electron chi connectivity index (χ2n) is 6.62. The normalized spacial score (nSPS) is 22.0. The van der Waals surface area contributed by atoms with Crippen LogP contribution < -0.4 is 10.6 Å². The number of thioether (sulfide) groups is 1. The van der Waals surface area contributed by atoms with Crippen LogP contribution in [0, 0.1) is 0 Å². The van der Waals surface area contributed by atoms with E-state index in [0.717, 1.165) is 23.3 Å². The molecule has 0 amide bonds. The van der Waals surface area contributed by atoms with Crippen molar-refractivity contribution in [1.82, 2.24) is 10.6 Å². The van der Waals surface area contributed by atoms with Gasteiger partial charge in [-0.25, -0.2) is 0 Å². The molecule has 1 aromatic rings. The van der Waals surface area contributed by atoms with Crippen LogP contribution in [0.15, 0.2) is 35.3 Å². The van der Waals surface area contributed by atoms with E-state index in [9.17, 15) is 4.21 Å². The number of nitrogens with zero attached hydrogens (tertiary/aromatic N) is 1. The van der Waals surface area contributed by atoms with Crippen LogP contribution in [0.5, 0.6) is 0 Å². The highest BCUT2D eigenvalue weighted by molar-refractivity contribution is 7.99. The summed E-state index contributed by atoms with van der Waals surface area (Å²) in [5.41, 5.74) is 1.13. The van der Waals surface area contributed by atoms with E-state index in [-0.39, 0.29) is 0 Å². The summed E-state index contributed by atoms with van der Waals surface area (Å²) in [6, 6.07) is 10.5. The van der Waals surface area contributed by atoms with E-state index < -0.39 is 10.8 Å². The smallest absolute Gasteiger partial charge is 0.191 e. The predicted octanol–water partition coefficient (Wildman–Crippen LogP) is 3.55. The molecule has 0 spiro atoms. The summed E-state index contributed by atoms with van der Waals surface area (Å²) >= 11 is 2.08. The number of benzene rings is 1. The Morgan fingerprint density at radius 1 is 1.27 bits per heavy atom. The topological polar surface area (TPSA) is 53.5 Å². The maximum absolute atomic E-state index is 12.3. The average molecular weight is 396 g/mol. The van der Waals surface area contributed by atoms with E-state index in [2.05, 4.69) is 41.2 Å². The minimum Gasteiger partial charge on any atom is -0.357 e. The second-order valence-corrected chi connectivity index (χ2v) is 9.77. The fraction of sp³-hybridized carbons (Fsp3) is 0.650. The average Bonchev–Trinajstić information content (AvgIpc) is 2.63. The lowest BCUT2D eigenvalue weighted by Crippen LogP contribution is -2.45. The van der Waals surface area contributed by atoms with E-state index >= 15 is 0 Å². The Morgan fingerprint density at radius 3 is 2.81 bits per heavy atom. The van der Waals surface area contributed by atoms with Crippen molar-refractivity contribution < 1.29 is 4.21 Å². The van der Waals surface area contributed by atoms with Gasteiger partial charge in [-0.15, -0.1) is 0 Å². The minimum atomic E-state index is -0.872. The van der Waals surface area contributed by atoms with Crippen LogP contribution in [-0.4, -0.2) is 46.1 Å². The molecule has 3 atom stereocenters. The maximum atomic E-state index is 12.3. The zero-order valence-electron chi connectivity index (χ0n) is 16.1. The highest BCUT2D eigenvalue weighted by atomic mass is 32.2. The van der Waals surface area contributed by atoms with Gasteiger partial charge in [0.25, 0.3) is 0 Å². The van der Waals surface area contributed by atoms with Crippen LogP contribution in [0.4, 0.5) is 0 Å². The van der Waals surface area contributed by atoms with E-state index in [1.54, 1.807) is 0 Å². The number of hydrogen-bond acceptors (Lipinski definition) is 3. The van der Waals surface area contributed by atoms with Crippen LogP contribution in [0.2, 0.25) is 0 Å². The molecule has 0 heterocycles. The number of nitrogens with one attached hydrogen (secondary N) is 2. The Hall–Kier alpha value is -1.01. The Kier molecular flexibility index (Phi) is 10.1. The van der Waals surface area contributed by atoms with Crippen LogP contribution in [-0.2, 0) is 16.6 Å². The Labute approximate surface area is 165 Å². The van der Waals surface area contributed by atoms with Crippen molar-refractivity contribution in [3.05, 3.63) is 35.9 Å². The molecule has 6 heteroatoms.